The van der Waals surface area contributed by atoms with Crippen molar-refractivity contribution in [1.29, 1.82) is 0 Å². The van der Waals surface area contributed by atoms with Crippen LogP contribution in [-0.4, -0.2) is 80.5 Å². The van der Waals surface area contributed by atoms with Crippen molar-refractivity contribution < 1.29 is 38.9 Å². The number of rotatable bonds is 4. The molecule has 2 saturated carbocycles. The second kappa shape index (κ2) is 10.5. The highest BCUT2D eigenvalue weighted by molar-refractivity contribution is 5.76. The number of hydrogen-bond acceptors (Lipinski definition) is 6. The van der Waals surface area contributed by atoms with E-state index in [1.807, 2.05) is 41.5 Å². The van der Waals surface area contributed by atoms with E-state index in [1.54, 1.807) is 9.80 Å². The first kappa shape index (κ1) is 28.1. The predicted molar refractivity (Wildman–Crippen MR) is 130 cm³/mol. The molecule has 0 spiro atoms. The van der Waals surface area contributed by atoms with Crippen molar-refractivity contribution in [1.82, 2.24) is 9.80 Å². The maximum absolute atomic E-state index is 12.1. The Kier molecular flexibility index (Phi) is 8.15. The molecule has 204 valence electrons. The smallest absolute Gasteiger partial charge is 0.410 e. The molecule has 2 amide bonds. The van der Waals surface area contributed by atoms with E-state index in [0.29, 0.717) is 37.8 Å². The summed E-state index contributed by atoms with van der Waals surface area (Å²) in [5, 5.41) is 18.4. The number of carbonyl (C=O) groups is 4. The zero-order valence-corrected chi connectivity index (χ0v) is 22.4. The molecule has 0 aromatic heterocycles. The number of carboxylic acid groups (broad SMARTS) is 2. The Morgan fingerprint density at radius 3 is 1.14 bits per heavy atom. The lowest BCUT2D eigenvalue weighted by molar-refractivity contribution is -0.143. The average Bonchev–Trinajstić information content (AvgIpc) is 3.65. The minimum atomic E-state index is -0.794. The summed E-state index contributed by atoms with van der Waals surface area (Å²) in [6, 6.07) is -0.338. The van der Waals surface area contributed by atoms with Gasteiger partial charge in [-0.25, -0.2) is 9.59 Å². The summed E-state index contributed by atoms with van der Waals surface area (Å²) in [6.07, 6.45) is 4.42. The van der Waals surface area contributed by atoms with Crippen molar-refractivity contribution in [2.45, 2.75) is 103 Å². The number of amides is 2. The number of aliphatic carboxylic acids is 2. The highest BCUT2D eigenvalue weighted by atomic mass is 16.6. The Hall–Kier alpha value is -2.52. The van der Waals surface area contributed by atoms with Gasteiger partial charge in [-0.15, -0.1) is 0 Å². The molecule has 4 fully saturated rings. The lowest BCUT2D eigenvalue weighted by Gasteiger charge is -2.29. The summed E-state index contributed by atoms with van der Waals surface area (Å²) < 4.78 is 10.7. The molecule has 4 atom stereocenters. The minimum Gasteiger partial charge on any atom is -0.481 e. The molecule has 2 N–H and O–H groups in total. The molecule has 4 aliphatic rings. The second-order valence-corrected chi connectivity index (χ2v) is 12.5. The first-order valence-electron chi connectivity index (χ1n) is 13.0. The van der Waals surface area contributed by atoms with Crippen LogP contribution < -0.4 is 0 Å². The normalized spacial score (nSPS) is 28.3. The van der Waals surface area contributed by atoms with Crippen LogP contribution in [0.1, 0.15) is 80.1 Å². The number of likely N-dealkylation sites (tertiary alicyclic amines) is 2. The molecule has 10 nitrogen and oxygen atoms in total. The molecule has 2 aliphatic heterocycles. The van der Waals surface area contributed by atoms with Gasteiger partial charge in [0.1, 0.15) is 11.2 Å². The van der Waals surface area contributed by atoms with Crippen LogP contribution in [0.25, 0.3) is 0 Å². The van der Waals surface area contributed by atoms with E-state index in [9.17, 15) is 29.4 Å². The van der Waals surface area contributed by atoms with Gasteiger partial charge < -0.3 is 29.5 Å². The summed E-state index contributed by atoms with van der Waals surface area (Å²) in [4.78, 5) is 49.9. The first-order chi connectivity index (χ1) is 16.6. The fraction of sp³-hybridized carbons (Fsp3) is 0.846. The summed E-state index contributed by atoms with van der Waals surface area (Å²) in [5.41, 5.74) is -1.07. The molecular weight excluding hydrogens is 468 g/mol. The maximum atomic E-state index is 12.1. The third-order valence-electron chi connectivity index (χ3n) is 7.01. The molecule has 0 unspecified atom stereocenters. The van der Waals surface area contributed by atoms with Crippen LogP contribution in [0.3, 0.4) is 0 Å². The maximum Gasteiger partial charge on any atom is 0.410 e. The zero-order chi connectivity index (χ0) is 27.0. The summed E-state index contributed by atoms with van der Waals surface area (Å²) in [6.45, 7) is 11.9. The highest BCUT2D eigenvalue weighted by Gasteiger charge is 2.51. The lowest BCUT2D eigenvalue weighted by atomic mass is 9.97. The third kappa shape index (κ3) is 7.26. The summed E-state index contributed by atoms with van der Waals surface area (Å²) in [7, 11) is 0. The highest BCUT2D eigenvalue weighted by Crippen LogP contribution is 2.44. The Bertz CT molecular complexity index is 783. The molecule has 2 aliphatic carbocycles. The third-order valence-corrected chi connectivity index (χ3v) is 7.01. The minimum absolute atomic E-state index is 0.169. The molecule has 0 bridgehead atoms. The van der Waals surface area contributed by atoms with Crippen LogP contribution in [-0.2, 0) is 19.1 Å². The number of hydrogen-bond donors (Lipinski definition) is 2. The largest absolute Gasteiger partial charge is 0.481 e. The van der Waals surface area contributed by atoms with Crippen LogP contribution >= 0.6 is 0 Å². The fourth-order valence-electron chi connectivity index (χ4n) is 5.28. The Morgan fingerprint density at radius 2 is 0.917 bits per heavy atom. The number of carbonyl (C=O) groups excluding carboxylic acids is 2. The van der Waals surface area contributed by atoms with Gasteiger partial charge in [0.25, 0.3) is 0 Å². The van der Waals surface area contributed by atoms with Crippen LogP contribution in [0.5, 0.6) is 0 Å². The van der Waals surface area contributed by atoms with Gasteiger partial charge >= 0.3 is 24.1 Å². The van der Waals surface area contributed by atoms with Gasteiger partial charge in [0.2, 0.25) is 0 Å². The second-order valence-electron chi connectivity index (χ2n) is 12.5. The van der Waals surface area contributed by atoms with Gasteiger partial charge in [-0.2, -0.15) is 0 Å². The van der Waals surface area contributed by atoms with Crippen molar-refractivity contribution in [3.63, 3.8) is 0 Å². The van der Waals surface area contributed by atoms with Crippen molar-refractivity contribution in [2.75, 3.05) is 13.1 Å². The van der Waals surface area contributed by atoms with Crippen LogP contribution in [0.15, 0.2) is 0 Å². The average molecular weight is 511 g/mol. The molecule has 36 heavy (non-hydrogen) atoms. The number of ether oxygens (including phenoxy) is 2. The molecule has 4 rings (SSSR count). The van der Waals surface area contributed by atoms with Gasteiger partial charge in [0, 0.05) is 13.1 Å². The van der Waals surface area contributed by atoms with E-state index in [-0.39, 0.29) is 24.3 Å². The van der Waals surface area contributed by atoms with E-state index < -0.39 is 35.0 Å². The van der Waals surface area contributed by atoms with Crippen molar-refractivity contribution in [2.24, 2.45) is 23.7 Å². The Morgan fingerprint density at radius 1 is 0.611 bits per heavy atom. The van der Waals surface area contributed by atoms with Crippen LogP contribution in [0.4, 0.5) is 9.59 Å². The predicted octanol–water partition coefficient (Wildman–Crippen LogP) is 4.21. The molecular formula is C26H42N2O8. The summed E-state index contributed by atoms with van der Waals surface area (Å²) in [5.74, 6) is -1.74. The van der Waals surface area contributed by atoms with Crippen molar-refractivity contribution in [3.8, 4) is 0 Å². The molecule has 2 saturated heterocycles. The van der Waals surface area contributed by atoms with Crippen molar-refractivity contribution in [3.05, 3.63) is 0 Å². The van der Waals surface area contributed by atoms with Gasteiger partial charge in [0.05, 0.1) is 23.9 Å². The van der Waals surface area contributed by atoms with Gasteiger partial charge in [-0.05, 0) is 91.9 Å². The van der Waals surface area contributed by atoms with Crippen LogP contribution in [0, 0.1) is 23.7 Å². The van der Waals surface area contributed by atoms with E-state index >= 15 is 0 Å². The molecule has 2 heterocycles. The Balaban J connectivity index is 0.000000201. The van der Waals surface area contributed by atoms with E-state index in [0.717, 1.165) is 25.7 Å². The molecule has 10 heteroatoms. The lowest BCUT2D eigenvalue weighted by Crippen LogP contribution is -2.43. The van der Waals surface area contributed by atoms with E-state index in [2.05, 4.69) is 0 Å². The topological polar surface area (TPSA) is 134 Å². The Labute approximate surface area is 213 Å². The van der Waals surface area contributed by atoms with Gasteiger partial charge in [0.15, 0.2) is 0 Å². The fourth-order valence-corrected chi connectivity index (χ4v) is 5.28. The monoisotopic (exact) mass is 510 g/mol. The van der Waals surface area contributed by atoms with E-state index in [4.69, 9.17) is 9.47 Å². The van der Waals surface area contributed by atoms with E-state index in [1.165, 1.54) is 0 Å². The quantitative estimate of drug-likeness (QED) is 0.574. The summed E-state index contributed by atoms with van der Waals surface area (Å²) >= 11 is 0. The van der Waals surface area contributed by atoms with Crippen molar-refractivity contribution >= 4 is 24.1 Å². The number of carboxylic acids is 2. The van der Waals surface area contributed by atoms with Crippen LogP contribution in [0.2, 0.25) is 0 Å². The number of nitrogens with zero attached hydrogens (tertiary/aromatic N) is 2. The molecule has 0 aromatic carbocycles. The zero-order valence-electron chi connectivity index (χ0n) is 22.4. The van der Waals surface area contributed by atoms with Gasteiger partial charge in [-0.3, -0.25) is 9.59 Å². The standard InChI is InChI=1S/2C13H21NO4/c2*1-13(2,3)18-12(17)14-7-6-9(11(15)16)10(14)8-4-5-8/h2*8-10H,4-7H2,1-3H3,(H,15,16)/t2*9-,10+/m10/s1. The SMILES string of the molecule is CC(C)(C)OC(=O)N1CC[C@@H](C(=O)O)[C@@H]1C1CC1.CC(C)(C)OC(=O)N1CC[C@H](C(=O)O)[C@H]1C1CC1. The molecule has 0 aromatic rings. The van der Waals surface area contributed by atoms with Gasteiger partial charge in [-0.1, -0.05) is 0 Å². The first-order valence-corrected chi connectivity index (χ1v) is 13.0. The molecule has 0 radical (unpaired) electrons.